The number of hydrogen-bond acceptors (Lipinski definition) is 2. The Labute approximate surface area is 49.6 Å². The molecular weight excluding hydrogens is 126 g/mol. The van der Waals surface area contributed by atoms with Crippen LogP contribution in [-0.2, 0) is 0 Å². The van der Waals surface area contributed by atoms with Gasteiger partial charge in [-0.3, -0.25) is 4.91 Å². The highest BCUT2D eigenvalue weighted by Crippen LogP contribution is 1.31. The van der Waals surface area contributed by atoms with Crippen LogP contribution in [-0.4, -0.2) is 17.2 Å². The van der Waals surface area contributed by atoms with Gasteiger partial charge in [-0.05, 0) is 0 Å². The number of carboxylic acid groups (broad SMARTS) is 1. The van der Waals surface area contributed by atoms with Crippen LogP contribution in [0.4, 0.5) is 4.79 Å². The molecule has 1 amide bonds. The molecule has 7 nitrogen and oxygen atoms in total. The molecule has 0 unspecified atom stereocenters. The van der Waals surface area contributed by atoms with Crippen molar-refractivity contribution in [1.29, 1.82) is 5.41 Å². The normalized spacial score (nSPS) is 4.89. The summed E-state index contributed by atoms with van der Waals surface area (Å²) in [5.74, 6) is 0. The molecule has 3 N–H and O–H groups in total. The number of carbonyl (C=O) groups is 1. The molecule has 0 atom stereocenters. The summed E-state index contributed by atoms with van der Waals surface area (Å²) < 4.78 is 0. The lowest BCUT2D eigenvalue weighted by Crippen LogP contribution is -2.71. The van der Waals surface area contributed by atoms with Crippen molar-refractivity contribution in [3.8, 4) is 0 Å². The highest BCUT2D eigenvalue weighted by Gasteiger charge is 1.83. The Balaban J connectivity index is 0. The van der Waals surface area contributed by atoms with Gasteiger partial charge in [-0.25, -0.2) is 0 Å². The van der Waals surface area contributed by atoms with Gasteiger partial charge in [-0.1, -0.05) is 5.41 Å². The smallest absolute Gasteiger partial charge is 0.446 e. The first-order valence-corrected chi connectivity index (χ1v) is 1.58. The molecule has 0 aromatic heterocycles. The van der Waals surface area contributed by atoms with E-state index in [1.807, 2.05) is 0 Å². The number of nitrogens with zero attached hydrogens (tertiary/aromatic N) is 3. The highest BCUT2D eigenvalue weighted by molar-refractivity contribution is 5.55. The minimum absolute atomic E-state index is 1.26. The van der Waals surface area contributed by atoms with E-state index in [9.17, 15) is 4.79 Å². The molecule has 0 saturated heterocycles. The van der Waals surface area contributed by atoms with Gasteiger partial charge >= 0.3 is 12.1 Å². The zero-order valence-corrected chi connectivity index (χ0v) is 4.20. The van der Waals surface area contributed by atoms with Crippen molar-refractivity contribution in [3.05, 3.63) is 16.0 Å². The van der Waals surface area contributed by atoms with Crippen LogP contribution in [0.5, 0.6) is 0 Å². The molecule has 9 heavy (non-hydrogen) atoms. The monoisotopic (exact) mass is 129 g/mol. The van der Waals surface area contributed by atoms with E-state index in [2.05, 4.69) is 0 Å². The summed E-state index contributed by atoms with van der Waals surface area (Å²) >= 11 is 0. The van der Waals surface area contributed by atoms with Crippen LogP contribution in [0.25, 0.3) is 16.0 Å². The summed E-state index contributed by atoms with van der Waals surface area (Å²) in [6.07, 6.45) is -1.26. The van der Waals surface area contributed by atoms with Crippen molar-refractivity contribution in [2.45, 2.75) is 0 Å². The lowest BCUT2D eigenvalue weighted by Gasteiger charge is -1.59. The van der Waals surface area contributed by atoms with Crippen molar-refractivity contribution in [1.82, 2.24) is 0 Å². The van der Waals surface area contributed by atoms with E-state index in [1.54, 1.807) is 4.99 Å². The molecule has 0 aliphatic heterocycles. The Morgan fingerprint density at radius 2 is 2.11 bits per heavy atom. The van der Waals surface area contributed by atoms with Crippen LogP contribution in [0.2, 0.25) is 0 Å². The Bertz CT molecular complexity index is 162. The van der Waals surface area contributed by atoms with Gasteiger partial charge in [0.15, 0.2) is 0 Å². The van der Waals surface area contributed by atoms with Crippen LogP contribution in [0.15, 0.2) is 0 Å². The quantitative estimate of drug-likeness (QED) is 0.173. The zero-order valence-electron chi connectivity index (χ0n) is 4.20. The first-order chi connectivity index (χ1) is 4.18. The van der Waals surface area contributed by atoms with Crippen molar-refractivity contribution in [2.24, 2.45) is 0 Å². The fourth-order valence-corrected chi connectivity index (χ4v) is 0.0535. The second-order valence-corrected chi connectivity index (χ2v) is 0.645. The van der Waals surface area contributed by atoms with Crippen molar-refractivity contribution >= 4 is 12.1 Å². The third kappa shape index (κ3) is 79.2. The van der Waals surface area contributed by atoms with Crippen molar-refractivity contribution in [2.75, 3.05) is 0 Å². The predicted molar refractivity (Wildman–Crippen MR) is 26.8 cm³/mol. The Morgan fingerprint density at radius 3 is 2.11 bits per heavy atom. The number of amides is 1. The average Bonchev–Trinajstić information content (AvgIpc) is 1.67. The lowest BCUT2D eigenvalue weighted by atomic mass is 11.2. The predicted octanol–water partition coefficient (Wildman–Crippen LogP) is -0.636. The maximum absolute atomic E-state index is 9.31. The van der Waals surface area contributed by atoms with Gasteiger partial charge in [-0.15, -0.1) is 4.99 Å². The summed E-state index contributed by atoms with van der Waals surface area (Å²) in [5.41, 5.74) is 13.5. The second kappa shape index (κ2) is 9.48. The highest BCUT2D eigenvalue weighted by atomic mass is 16.4. The largest absolute Gasteiger partial charge is 0.510 e. The summed E-state index contributed by atoms with van der Waals surface area (Å²) in [7, 11) is 0. The van der Waals surface area contributed by atoms with Crippen molar-refractivity contribution in [3.63, 3.8) is 0 Å². The fraction of sp³-hybridized carbons (Fsp3) is 0. The summed E-state index contributed by atoms with van der Waals surface area (Å²) in [5, 5.41) is 13.6. The topological polar surface area (TPSA) is 134 Å². The molecule has 48 valence electrons. The molecule has 0 radical (unpaired) electrons. The molecule has 0 bridgehead atoms. The van der Waals surface area contributed by atoms with E-state index in [0.717, 1.165) is 0 Å². The fourth-order valence-electron chi connectivity index (χ4n) is 0.0535. The summed E-state index contributed by atoms with van der Waals surface area (Å²) in [6.45, 7) is 0. The molecule has 0 spiro atoms. The molecule has 0 aromatic carbocycles. The molecule has 0 saturated carbocycles. The summed E-state index contributed by atoms with van der Waals surface area (Å²) in [4.78, 5) is 12.3. The first-order valence-electron chi connectivity index (χ1n) is 1.58. The molecular formula is C2H3N5O2. The molecule has 0 rings (SSSR count). The van der Waals surface area contributed by atoms with Crippen LogP contribution < -0.4 is 4.99 Å². The van der Waals surface area contributed by atoms with Crippen molar-refractivity contribution < 1.29 is 14.9 Å². The third-order valence-electron chi connectivity index (χ3n) is 0.169. The van der Waals surface area contributed by atoms with Gasteiger partial charge in [0.2, 0.25) is 0 Å². The number of rotatable bonds is 0. The van der Waals surface area contributed by atoms with Crippen LogP contribution in [0.3, 0.4) is 0 Å². The van der Waals surface area contributed by atoms with Crippen LogP contribution >= 0.6 is 0 Å². The van der Waals surface area contributed by atoms with E-state index in [4.69, 9.17) is 21.6 Å². The van der Waals surface area contributed by atoms with Gasteiger partial charge in [0.25, 0.3) is 0 Å². The minimum Gasteiger partial charge on any atom is -0.446 e. The molecule has 0 aromatic rings. The minimum atomic E-state index is -1.26. The van der Waals surface area contributed by atoms with Crippen LogP contribution in [0, 0.1) is 5.41 Å². The average molecular weight is 129 g/mol. The van der Waals surface area contributed by atoms with E-state index < -0.39 is 6.09 Å². The van der Waals surface area contributed by atoms with E-state index in [-0.39, 0.29) is 0 Å². The van der Waals surface area contributed by atoms with Gasteiger partial charge < -0.3 is 16.2 Å². The maximum Gasteiger partial charge on any atom is 0.510 e. The number of hydrogen-bond donors (Lipinski definition) is 3. The standard InChI is InChI=1S/C2H2N2O2.N3/c3-1-4-2(5)6;1-3-2/h3H,(H,5,6);/q;-1/p+1. The molecule has 7 heteroatoms. The van der Waals surface area contributed by atoms with E-state index >= 15 is 0 Å². The Hall–Kier alpha value is -1.84. The third-order valence-corrected chi connectivity index (χ3v) is 0.169. The lowest BCUT2D eigenvalue weighted by molar-refractivity contribution is -0.356. The van der Waals surface area contributed by atoms with E-state index in [1.165, 1.54) is 10.9 Å². The molecule has 0 fully saturated rings. The number of nitrogens with one attached hydrogen (secondary N) is 2. The molecule has 0 aliphatic carbocycles. The van der Waals surface area contributed by atoms with Crippen LogP contribution in [0.1, 0.15) is 0 Å². The Kier molecular flexibility index (Phi) is 10.7. The van der Waals surface area contributed by atoms with Gasteiger partial charge in [0, 0.05) is 0 Å². The first kappa shape index (κ1) is 10.2. The SMILES string of the molecule is N=C=[NH+]C(=O)O.[N-]=[N+]=[N-]. The zero-order chi connectivity index (χ0) is 7.70. The van der Waals surface area contributed by atoms with Gasteiger partial charge in [0.1, 0.15) is 0 Å². The van der Waals surface area contributed by atoms with Gasteiger partial charge in [-0.2, -0.15) is 4.79 Å². The second-order valence-electron chi connectivity index (χ2n) is 0.645. The molecule has 0 heterocycles. The maximum atomic E-state index is 9.31. The summed E-state index contributed by atoms with van der Waals surface area (Å²) in [6, 6.07) is 1.47. The molecule has 0 aliphatic rings. The van der Waals surface area contributed by atoms with E-state index in [0.29, 0.717) is 0 Å². The Morgan fingerprint density at radius 1 is 1.78 bits per heavy atom. The van der Waals surface area contributed by atoms with Gasteiger partial charge in [0.05, 0.1) is 0 Å².